The SMILES string of the molecule is C=C(CSc1ncc(Cl)c(/N=C\C)c1C)N(C)C. The van der Waals surface area contributed by atoms with Crippen molar-refractivity contribution in [2.75, 3.05) is 19.8 Å². The fraction of sp³-hybridized carbons (Fsp3) is 0.385. The fourth-order valence-corrected chi connectivity index (χ4v) is 2.51. The minimum Gasteiger partial charge on any atom is -0.381 e. The zero-order chi connectivity index (χ0) is 13.7. The number of thioether (sulfide) groups is 1. The fourth-order valence-electron chi connectivity index (χ4n) is 1.27. The van der Waals surface area contributed by atoms with Gasteiger partial charge in [0.15, 0.2) is 0 Å². The molecule has 0 atom stereocenters. The standard InChI is InChI=1S/C13H18ClN3S/c1-6-15-12-10(3)13(16-7-11(12)14)18-8-9(2)17(4)5/h6-7H,2,8H2,1,3-5H3/b15-6-. The van der Waals surface area contributed by atoms with Crippen LogP contribution in [-0.4, -0.2) is 35.9 Å². The van der Waals surface area contributed by atoms with Crippen LogP contribution in [0.3, 0.4) is 0 Å². The molecule has 98 valence electrons. The molecule has 0 radical (unpaired) electrons. The smallest absolute Gasteiger partial charge is 0.102 e. The molecule has 1 aromatic rings. The first-order valence-electron chi connectivity index (χ1n) is 5.59. The van der Waals surface area contributed by atoms with Crippen LogP contribution in [0.25, 0.3) is 0 Å². The number of halogens is 1. The van der Waals surface area contributed by atoms with E-state index in [0.717, 1.165) is 27.7 Å². The second kappa shape index (κ2) is 6.81. The number of pyridine rings is 1. The highest BCUT2D eigenvalue weighted by Gasteiger charge is 2.10. The first-order chi connectivity index (χ1) is 8.47. The third-order valence-electron chi connectivity index (χ3n) is 2.46. The van der Waals surface area contributed by atoms with Crippen LogP contribution in [0.2, 0.25) is 5.02 Å². The zero-order valence-electron chi connectivity index (χ0n) is 11.2. The summed E-state index contributed by atoms with van der Waals surface area (Å²) in [4.78, 5) is 10.6. The van der Waals surface area contributed by atoms with Gasteiger partial charge in [0.25, 0.3) is 0 Å². The third kappa shape index (κ3) is 3.75. The van der Waals surface area contributed by atoms with Gasteiger partial charge in [0.1, 0.15) is 5.03 Å². The molecule has 0 N–H and O–H groups in total. The van der Waals surface area contributed by atoms with Gasteiger partial charge in [-0.3, -0.25) is 4.99 Å². The van der Waals surface area contributed by atoms with Gasteiger partial charge in [0, 0.05) is 43.5 Å². The van der Waals surface area contributed by atoms with Crippen LogP contribution in [0.4, 0.5) is 5.69 Å². The van der Waals surface area contributed by atoms with E-state index < -0.39 is 0 Å². The molecule has 0 aliphatic rings. The van der Waals surface area contributed by atoms with Crippen molar-refractivity contribution in [3.05, 3.63) is 29.1 Å². The third-order valence-corrected chi connectivity index (χ3v) is 3.90. The largest absolute Gasteiger partial charge is 0.381 e. The van der Waals surface area contributed by atoms with Crippen molar-refractivity contribution >= 4 is 35.3 Å². The Morgan fingerprint density at radius 1 is 1.61 bits per heavy atom. The highest BCUT2D eigenvalue weighted by atomic mass is 35.5. The Balaban J connectivity index is 2.91. The Morgan fingerprint density at radius 2 is 2.28 bits per heavy atom. The summed E-state index contributed by atoms with van der Waals surface area (Å²) < 4.78 is 0. The van der Waals surface area contributed by atoms with Crippen molar-refractivity contribution in [1.29, 1.82) is 0 Å². The molecule has 1 heterocycles. The lowest BCUT2D eigenvalue weighted by molar-refractivity contribution is 0.519. The van der Waals surface area contributed by atoms with Gasteiger partial charge in [-0.2, -0.15) is 0 Å². The number of aliphatic imine (C=N–C) groups is 1. The maximum atomic E-state index is 6.08. The molecule has 0 fully saturated rings. The number of aromatic nitrogens is 1. The van der Waals surface area contributed by atoms with Crippen LogP contribution >= 0.6 is 23.4 Å². The summed E-state index contributed by atoms with van der Waals surface area (Å²) >= 11 is 7.73. The topological polar surface area (TPSA) is 28.5 Å². The molecule has 3 nitrogen and oxygen atoms in total. The minimum absolute atomic E-state index is 0.585. The molecule has 0 spiro atoms. The van der Waals surface area contributed by atoms with Crippen LogP contribution in [0.15, 0.2) is 28.5 Å². The van der Waals surface area contributed by atoms with Gasteiger partial charge < -0.3 is 4.90 Å². The molecule has 5 heteroatoms. The molecule has 0 aliphatic heterocycles. The van der Waals surface area contributed by atoms with E-state index >= 15 is 0 Å². The van der Waals surface area contributed by atoms with E-state index in [-0.39, 0.29) is 0 Å². The lowest BCUT2D eigenvalue weighted by Gasteiger charge is -2.15. The second-order valence-corrected chi connectivity index (χ2v) is 5.39. The molecular formula is C13H18ClN3S. The van der Waals surface area contributed by atoms with E-state index in [1.165, 1.54) is 0 Å². The molecule has 1 rings (SSSR count). The molecule has 0 bridgehead atoms. The Labute approximate surface area is 118 Å². The van der Waals surface area contributed by atoms with Crippen molar-refractivity contribution < 1.29 is 0 Å². The Hall–Kier alpha value is -1.00. The van der Waals surface area contributed by atoms with E-state index in [4.69, 9.17) is 11.6 Å². The normalized spacial score (nSPS) is 10.9. The van der Waals surface area contributed by atoms with Gasteiger partial charge in [0.2, 0.25) is 0 Å². The van der Waals surface area contributed by atoms with Crippen LogP contribution in [0, 0.1) is 6.92 Å². The van der Waals surface area contributed by atoms with Gasteiger partial charge in [-0.05, 0) is 13.8 Å². The lowest BCUT2D eigenvalue weighted by Crippen LogP contribution is -2.11. The number of rotatable bonds is 5. The summed E-state index contributed by atoms with van der Waals surface area (Å²) in [5.41, 5.74) is 2.86. The molecule has 0 amide bonds. The van der Waals surface area contributed by atoms with Crippen LogP contribution in [0.1, 0.15) is 12.5 Å². The average Bonchev–Trinajstić information content (AvgIpc) is 2.33. The van der Waals surface area contributed by atoms with Crippen molar-refractivity contribution in [2.24, 2.45) is 4.99 Å². The quantitative estimate of drug-likeness (QED) is 0.605. The van der Waals surface area contributed by atoms with Gasteiger partial charge in [0.05, 0.1) is 10.7 Å². The van der Waals surface area contributed by atoms with Crippen molar-refractivity contribution in [2.45, 2.75) is 18.9 Å². The van der Waals surface area contributed by atoms with Crippen LogP contribution < -0.4 is 0 Å². The average molecular weight is 284 g/mol. The maximum absolute atomic E-state index is 6.08. The summed E-state index contributed by atoms with van der Waals surface area (Å²) in [6, 6.07) is 0. The van der Waals surface area contributed by atoms with Gasteiger partial charge >= 0.3 is 0 Å². The molecule has 18 heavy (non-hydrogen) atoms. The van der Waals surface area contributed by atoms with E-state index in [9.17, 15) is 0 Å². The highest BCUT2D eigenvalue weighted by Crippen LogP contribution is 2.34. The molecule has 1 aromatic heterocycles. The van der Waals surface area contributed by atoms with Crippen LogP contribution in [0.5, 0.6) is 0 Å². The number of hydrogen-bond acceptors (Lipinski definition) is 4. The van der Waals surface area contributed by atoms with E-state index in [0.29, 0.717) is 5.02 Å². The van der Waals surface area contributed by atoms with E-state index in [1.807, 2.05) is 32.8 Å². The van der Waals surface area contributed by atoms with Crippen LogP contribution in [-0.2, 0) is 0 Å². The highest BCUT2D eigenvalue weighted by molar-refractivity contribution is 7.99. The predicted molar refractivity (Wildman–Crippen MR) is 81.4 cm³/mol. The molecule has 0 aliphatic carbocycles. The molecule has 0 saturated carbocycles. The molecule has 0 saturated heterocycles. The first kappa shape index (κ1) is 15.1. The Morgan fingerprint density at radius 3 is 2.83 bits per heavy atom. The zero-order valence-corrected chi connectivity index (χ0v) is 12.8. The van der Waals surface area contributed by atoms with E-state index in [1.54, 1.807) is 24.2 Å². The summed E-state index contributed by atoms with van der Waals surface area (Å²) in [7, 11) is 3.97. The summed E-state index contributed by atoms with van der Waals surface area (Å²) in [6.07, 6.45) is 3.39. The monoisotopic (exact) mass is 283 g/mol. The molecule has 0 aromatic carbocycles. The van der Waals surface area contributed by atoms with Gasteiger partial charge in [-0.1, -0.05) is 29.9 Å². The van der Waals surface area contributed by atoms with Gasteiger partial charge in [-0.15, -0.1) is 0 Å². The predicted octanol–water partition coefficient (Wildman–Crippen LogP) is 3.93. The first-order valence-corrected chi connectivity index (χ1v) is 6.95. The minimum atomic E-state index is 0.585. The van der Waals surface area contributed by atoms with E-state index in [2.05, 4.69) is 16.6 Å². The summed E-state index contributed by atoms with van der Waals surface area (Å²) in [5.74, 6) is 0.803. The Bertz CT molecular complexity index is 470. The molecule has 0 unspecified atom stereocenters. The van der Waals surface area contributed by atoms with Crippen molar-refractivity contribution in [3.8, 4) is 0 Å². The lowest BCUT2D eigenvalue weighted by atomic mass is 10.2. The Kier molecular flexibility index (Phi) is 5.69. The van der Waals surface area contributed by atoms with Crippen molar-refractivity contribution in [1.82, 2.24) is 9.88 Å². The van der Waals surface area contributed by atoms with Gasteiger partial charge in [-0.25, -0.2) is 4.98 Å². The summed E-state index contributed by atoms with van der Waals surface area (Å²) in [5, 5.41) is 1.53. The number of nitrogens with zero attached hydrogens (tertiary/aromatic N) is 3. The summed E-state index contributed by atoms with van der Waals surface area (Å²) in [6.45, 7) is 7.86. The second-order valence-electron chi connectivity index (χ2n) is 4.02. The number of hydrogen-bond donors (Lipinski definition) is 0. The maximum Gasteiger partial charge on any atom is 0.102 e. The van der Waals surface area contributed by atoms with Crippen molar-refractivity contribution in [3.63, 3.8) is 0 Å². The molecular weight excluding hydrogens is 266 g/mol.